The molecule has 4 nitrogen and oxygen atoms in total. The second-order valence-corrected chi connectivity index (χ2v) is 4.96. The van der Waals surface area contributed by atoms with Crippen LogP contribution in [0.5, 0.6) is 0 Å². The Morgan fingerprint density at radius 2 is 1.52 bits per heavy atom. The molecule has 0 spiro atoms. The lowest BCUT2D eigenvalue weighted by molar-refractivity contribution is -0.117. The van der Waals surface area contributed by atoms with Gasteiger partial charge in [0.25, 0.3) is 0 Å². The summed E-state index contributed by atoms with van der Waals surface area (Å²) in [5.41, 5.74) is 3.11. The van der Waals surface area contributed by atoms with E-state index in [2.05, 4.69) is 10.6 Å². The Labute approximate surface area is 121 Å². The Balaban J connectivity index is 1.66. The van der Waals surface area contributed by atoms with E-state index in [1.165, 1.54) is 24.3 Å². The van der Waals surface area contributed by atoms with Crippen LogP contribution >= 0.6 is 0 Å². The fourth-order valence-electron chi connectivity index (χ4n) is 2.35. The largest absolute Gasteiger partial charge is 0.323 e. The number of carbonyl (C=O) groups is 2. The maximum absolute atomic E-state index is 12.8. The molecule has 0 saturated carbocycles. The molecule has 21 heavy (non-hydrogen) atoms. The zero-order valence-electron chi connectivity index (χ0n) is 11.2. The van der Waals surface area contributed by atoms with Crippen molar-refractivity contribution in [3.8, 4) is 0 Å². The molecule has 0 radical (unpaired) electrons. The molecule has 0 atom stereocenters. The molecule has 2 aromatic rings. The van der Waals surface area contributed by atoms with E-state index in [0.29, 0.717) is 24.2 Å². The van der Waals surface area contributed by atoms with E-state index in [9.17, 15) is 14.0 Å². The topological polar surface area (TPSA) is 58.2 Å². The van der Waals surface area contributed by atoms with E-state index >= 15 is 0 Å². The summed E-state index contributed by atoms with van der Waals surface area (Å²) in [5.74, 6) is -0.165. The third kappa shape index (κ3) is 3.08. The van der Waals surface area contributed by atoms with Gasteiger partial charge in [-0.15, -0.1) is 0 Å². The average Bonchev–Trinajstić information content (AvgIpc) is 2.80. The molecule has 0 aromatic heterocycles. The first-order valence-corrected chi connectivity index (χ1v) is 6.57. The monoisotopic (exact) mass is 284 g/mol. The lowest BCUT2D eigenvalue weighted by Gasteiger charge is -2.09. The number of benzene rings is 2. The predicted octanol–water partition coefficient (Wildman–Crippen LogP) is 3.14. The summed E-state index contributed by atoms with van der Waals surface area (Å²) in [6.45, 7) is 0. The maximum Gasteiger partial charge on any atom is 0.323 e. The van der Waals surface area contributed by atoms with Gasteiger partial charge in [0.2, 0.25) is 0 Å². The number of halogens is 1. The number of amides is 2. The highest BCUT2D eigenvalue weighted by molar-refractivity contribution is 6.00. The highest BCUT2D eigenvalue weighted by atomic mass is 19.1. The maximum atomic E-state index is 12.8. The van der Waals surface area contributed by atoms with Crippen molar-refractivity contribution in [1.29, 1.82) is 0 Å². The SMILES string of the molecule is O=C1Cc2ccc(NC(=O)Nc3ccc(F)cc3)cc2C1. The molecule has 5 heteroatoms. The molecule has 3 rings (SSSR count). The van der Waals surface area contributed by atoms with Crippen molar-refractivity contribution in [3.63, 3.8) is 0 Å². The molecule has 0 heterocycles. The second kappa shape index (κ2) is 5.36. The predicted molar refractivity (Wildman–Crippen MR) is 77.9 cm³/mol. The summed E-state index contributed by atoms with van der Waals surface area (Å²) in [7, 11) is 0. The van der Waals surface area contributed by atoms with Crippen LogP contribution in [0.3, 0.4) is 0 Å². The number of urea groups is 1. The summed E-state index contributed by atoms with van der Waals surface area (Å²) < 4.78 is 12.8. The van der Waals surface area contributed by atoms with Crippen LogP contribution in [0.2, 0.25) is 0 Å². The number of fused-ring (bicyclic) bond motifs is 1. The first kappa shape index (κ1) is 13.3. The van der Waals surface area contributed by atoms with E-state index in [-0.39, 0.29) is 11.6 Å². The Hall–Kier alpha value is -2.69. The number of hydrogen-bond acceptors (Lipinski definition) is 2. The smallest absolute Gasteiger partial charge is 0.308 e. The van der Waals surface area contributed by atoms with Gasteiger partial charge >= 0.3 is 6.03 Å². The molecular formula is C16H13FN2O2. The van der Waals surface area contributed by atoms with Crippen molar-refractivity contribution in [3.05, 3.63) is 59.4 Å². The fourth-order valence-corrected chi connectivity index (χ4v) is 2.35. The summed E-state index contributed by atoms with van der Waals surface area (Å²) in [4.78, 5) is 23.2. The fraction of sp³-hybridized carbons (Fsp3) is 0.125. The quantitative estimate of drug-likeness (QED) is 0.890. The van der Waals surface area contributed by atoms with Gasteiger partial charge in [-0.3, -0.25) is 4.79 Å². The van der Waals surface area contributed by atoms with Crippen molar-refractivity contribution in [1.82, 2.24) is 0 Å². The Morgan fingerprint density at radius 1 is 0.905 bits per heavy atom. The van der Waals surface area contributed by atoms with E-state index in [1.807, 2.05) is 12.1 Å². The molecular weight excluding hydrogens is 271 g/mol. The number of anilines is 2. The Kier molecular flexibility index (Phi) is 3.39. The van der Waals surface area contributed by atoms with E-state index in [1.54, 1.807) is 6.07 Å². The molecule has 2 N–H and O–H groups in total. The highest BCUT2D eigenvalue weighted by Crippen LogP contribution is 2.23. The molecule has 106 valence electrons. The molecule has 1 aliphatic rings. The van der Waals surface area contributed by atoms with Gasteiger partial charge in [-0.05, 0) is 47.5 Å². The summed E-state index contributed by atoms with van der Waals surface area (Å²) in [6, 6.07) is 10.5. The van der Waals surface area contributed by atoms with Gasteiger partial charge in [0, 0.05) is 24.2 Å². The van der Waals surface area contributed by atoms with Crippen molar-refractivity contribution in [2.45, 2.75) is 12.8 Å². The van der Waals surface area contributed by atoms with Crippen LogP contribution in [0, 0.1) is 5.82 Å². The molecule has 2 amide bonds. The normalized spacial score (nSPS) is 12.9. The third-order valence-corrected chi connectivity index (χ3v) is 3.34. The number of carbonyl (C=O) groups excluding carboxylic acids is 2. The summed E-state index contributed by atoms with van der Waals surface area (Å²) >= 11 is 0. The van der Waals surface area contributed by atoms with Crippen LogP contribution in [0.1, 0.15) is 11.1 Å². The summed E-state index contributed by atoms with van der Waals surface area (Å²) in [5, 5.41) is 5.30. The molecule has 1 aliphatic carbocycles. The Bertz CT molecular complexity index is 711. The minimum atomic E-state index is -0.411. The highest BCUT2D eigenvalue weighted by Gasteiger charge is 2.18. The second-order valence-electron chi connectivity index (χ2n) is 4.96. The Morgan fingerprint density at radius 3 is 2.29 bits per heavy atom. The number of hydrogen-bond donors (Lipinski definition) is 2. The van der Waals surface area contributed by atoms with Crippen LogP contribution in [-0.2, 0) is 17.6 Å². The first-order valence-electron chi connectivity index (χ1n) is 6.57. The van der Waals surface area contributed by atoms with Crippen LogP contribution in [-0.4, -0.2) is 11.8 Å². The van der Waals surface area contributed by atoms with Crippen LogP contribution < -0.4 is 10.6 Å². The van der Waals surface area contributed by atoms with Crippen molar-refractivity contribution in [2.75, 3.05) is 10.6 Å². The van der Waals surface area contributed by atoms with Crippen LogP contribution in [0.4, 0.5) is 20.6 Å². The van der Waals surface area contributed by atoms with Gasteiger partial charge in [0.1, 0.15) is 11.6 Å². The average molecular weight is 284 g/mol. The van der Waals surface area contributed by atoms with Gasteiger partial charge in [-0.2, -0.15) is 0 Å². The first-order chi connectivity index (χ1) is 10.1. The van der Waals surface area contributed by atoms with Crippen molar-refractivity contribution >= 4 is 23.2 Å². The van der Waals surface area contributed by atoms with Gasteiger partial charge < -0.3 is 10.6 Å². The van der Waals surface area contributed by atoms with Crippen molar-refractivity contribution in [2.24, 2.45) is 0 Å². The number of nitrogens with one attached hydrogen (secondary N) is 2. The minimum Gasteiger partial charge on any atom is -0.308 e. The van der Waals surface area contributed by atoms with Gasteiger partial charge in [-0.1, -0.05) is 6.07 Å². The molecule has 0 saturated heterocycles. The number of ketones is 1. The number of rotatable bonds is 2. The lowest BCUT2D eigenvalue weighted by Crippen LogP contribution is -2.19. The van der Waals surface area contributed by atoms with E-state index in [0.717, 1.165) is 11.1 Å². The van der Waals surface area contributed by atoms with Gasteiger partial charge in [0.05, 0.1) is 0 Å². The van der Waals surface area contributed by atoms with Crippen LogP contribution in [0.25, 0.3) is 0 Å². The number of Topliss-reactive ketones (excluding diaryl/α,β-unsaturated/α-hetero) is 1. The zero-order chi connectivity index (χ0) is 14.8. The standard InChI is InChI=1S/C16H13FN2O2/c17-12-2-5-13(6-3-12)18-16(21)19-14-4-1-10-8-15(20)9-11(10)7-14/h1-7H,8-9H2,(H2,18,19,21). The molecule has 0 fully saturated rings. The van der Waals surface area contributed by atoms with Crippen LogP contribution in [0.15, 0.2) is 42.5 Å². The van der Waals surface area contributed by atoms with Crippen molar-refractivity contribution < 1.29 is 14.0 Å². The summed E-state index contributed by atoms with van der Waals surface area (Å²) in [6.07, 6.45) is 0.891. The molecule has 2 aromatic carbocycles. The minimum absolute atomic E-state index is 0.193. The van der Waals surface area contributed by atoms with Gasteiger partial charge in [0.15, 0.2) is 0 Å². The van der Waals surface area contributed by atoms with E-state index in [4.69, 9.17) is 0 Å². The zero-order valence-corrected chi connectivity index (χ0v) is 11.2. The van der Waals surface area contributed by atoms with E-state index < -0.39 is 6.03 Å². The lowest BCUT2D eigenvalue weighted by atomic mass is 10.1. The molecule has 0 bridgehead atoms. The van der Waals surface area contributed by atoms with Gasteiger partial charge in [-0.25, -0.2) is 9.18 Å². The molecule has 0 unspecified atom stereocenters. The third-order valence-electron chi connectivity index (χ3n) is 3.34. The molecule has 0 aliphatic heterocycles.